The number of hydrogen-bond donors (Lipinski definition) is 0. The molecule has 0 radical (unpaired) electrons. The summed E-state index contributed by atoms with van der Waals surface area (Å²) in [5.41, 5.74) is 29.2. The van der Waals surface area contributed by atoms with E-state index >= 15 is 0 Å². The molecule has 0 N–H and O–H groups in total. The zero-order chi connectivity index (χ0) is 72.8. The van der Waals surface area contributed by atoms with Crippen LogP contribution < -0.4 is 0 Å². The van der Waals surface area contributed by atoms with Gasteiger partial charge in [0.05, 0.1) is 50.2 Å². The van der Waals surface area contributed by atoms with Crippen molar-refractivity contribution in [3.05, 3.63) is 417 Å². The first-order valence-electron chi connectivity index (χ1n) is 37.8. The van der Waals surface area contributed by atoms with Gasteiger partial charge in [0.15, 0.2) is 0 Å². The Labute approximate surface area is 637 Å². The van der Waals surface area contributed by atoms with Crippen LogP contribution in [0.25, 0.3) is 193 Å². The van der Waals surface area contributed by atoms with Gasteiger partial charge in [-0.25, -0.2) is 0 Å². The first kappa shape index (κ1) is 63.8. The minimum Gasteiger partial charge on any atom is -0.308 e. The molecule has 110 heavy (non-hydrogen) atoms. The Bertz CT molecular complexity index is 6950. The van der Waals surface area contributed by atoms with Gasteiger partial charge in [-0.05, 0) is 213 Å². The van der Waals surface area contributed by atoms with E-state index in [1.54, 1.807) is 0 Å². The normalized spacial score (nSPS) is 11.7. The third kappa shape index (κ3) is 10.8. The molecular weight excluding hydrogens is 1330 g/mol. The van der Waals surface area contributed by atoms with Gasteiger partial charge in [-0.3, -0.25) is 0 Å². The van der Waals surface area contributed by atoms with Crippen molar-refractivity contribution in [2.45, 2.75) is 6.42 Å². The lowest BCUT2D eigenvalue weighted by Gasteiger charge is -2.25. The summed E-state index contributed by atoms with van der Waals surface area (Å²) in [6, 6.07) is 150. The van der Waals surface area contributed by atoms with Gasteiger partial charge in [-0.2, -0.15) is 5.26 Å². The van der Waals surface area contributed by atoms with Crippen LogP contribution in [-0.4, -0.2) is 13.7 Å². The van der Waals surface area contributed by atoms with Crippen LogP contribution in [-0.2, 0) is 6.42 Å². The molecule has 21 aromatic rings. The predicted molar refractivity (Wildman–Crippen MR) is 462 cm³/mol. The molecule has 3 aromatic heterocycles. The molecule has 0 saturated carbocycles. The highest BCUT2D eigenvalue weighted by Crippen LogP contribution is 2.49. The molecule has 512 valence electrons. The Balaban J connectivity index is 0.940. The van der Waals surface area contributed by atoms with Crippen molar-refractivity contribution in [3.8, 4) is 112 Å². The second-order valence-electron chi connectivity index (χ2n) is 29.0. The fraction of sp³-hybridized carbons (Fsp3) is 0.00943. The molecule has 0 saturated heterocycles. The van der Waals surface area contributed by atoms with Crippen LogP contribution in [0.2, 0.25) is 0 Å². The Kier molecular flexibility index (Phi) is 15.3. The summed E-state index contributed by atoms with van der Waals surface area (Å²) in [5, 5.41) is 24.7. The molecule has 0 fully saturated rings. The van der Waals surface area contributed by atoms with Gasteiger partial charge < -0.3 is 13.7 Å². The highest BCUT2D eigenvalue weighted by atomic mass is 15.1. The molecule has 0 spiro atoms. The smallest absolute Gasteiger partial charge is 0.104 e. The molecule has 0 aliphatic carbocycles. The van der Waals surface area contributed by atoms with Crippen LogP contribution in [0, 0.1) is 11.3 Å². The van der Waals surface area contributed by atoms with Crippen molar-refractivity contribution in [1.82, 2.24) is 13.7 Å². The Morgan fingerprint density at radius 1 is 0.191 bits per heavy atom. The van der Waals surface area contributed by atoms with E-state index in [1.165, 1.54) is 10.9 Å². The third-order valence-electron chi connectivity index (χ3n) is 22.7. The maximum atomic E-state index is 13.5. The van der Waals surface area contributed by atoms with Gasteiger partial charge >= 0.3 is 0 Å². The number of aromatic nitrogens is 3. The first-order chi connectivity index (χ1) is 54.5. The first-order valence-corrected chi connectivity index (χ1v) is 37.8. The summed E-state index contributed by atoms with van der Waals surface area (Å²) in [6.07, 6.45) is 0.446. The van der Waals surface area contributed by atoms with Crippen LogP contribution >= 0.6 is 0 Å². The second-order valence-corrected chi connectivity index (χ2v) is 29.0. The largest absolute Gasteiger partial charge is 0.308 e. The topological polar surface area (TPSA) is 38.6 Å². The number of nitriles is 1. The second kappa shape index (κ2) is 26.4. The molecular formula is C106H68N4. The van der Waals surface area contributed by atoms with E-state index < -0.39 is 0 Å². The highest BCUT2D eigenvalue weighted by Gasteiger charge is 2.31. The number of nitrogens with zero attached hydrogens (tertiary/aromatic N) is 4. The molecule has 0 aliphatic rings. The van der Waals surface area contributed by atoms with E-state index in [1.807, 2.05) is 0 Å². The fourth-order valence-corrected chi connectivity index (χ4v) is 17.5. The van der Waals surface area contributed by atoms with Crippen LogP contribution in [0.5, 0.6) is 0 Å². The molecule has 0 aliphatic heterocycles. The summed E-state index contributed by atoms with van der Waals surface area (Å²) in [7, 11) is 0. The summed E-state index contributed by atoms with van der Waals surface area (Å²) in [4.78, 5) is 0. The molecule has 0 unspecified atom stereocenters. The maximum absolute atomic E-state index is 13.5. The zero-order valence-electron chi connectivity index (χ0n) is 60.1. The number of hydrogen-bond acceptors (Lipinski definition) is 1. The predicted octanol–water partition coefficient (Wildman–Crippen LogP) is 28.1. The lowest BCUT2D eigenvalue weighted by molar-refractivity contribution is 1.03. The molecule has 0 atom stereocenters. The number of benzene rings is 18. The van der Waals surface area contributed by atoms with Crippen molar-refractivity contribution in [2.24, 2.45) is 0 Å². The van der Waals surface area contributed by atoms with Crippen LogP contribution in [0.1, 0.15) is 16.7 Å². The quantitative estimate of drug-likeness (QED) is 0.106. The molecule has 0 amide bonds. The summed E-state index contributed by atoms with van der Waals surface area (Å²) in [5.74, 6) is 0. The van der Waals surface area contributed by atoms with Crippen molar-refractivity contribution in [2.75, 3.05) is 0 Å². The van der Waals surface area contributed by atoms with Gasteiger partial charge in [0.1, 0.15) is 11.6 Å². The van der Waals surface area contributed by atoms with E-state index in [-0.39, 0.29) is 0 Å². The van der Waals surface area contributed by atoms with E-state index in [9.17, 15) is 5.26 Å². The molecule has 3 heterocycles. The van der Waals surface area contributed by atoms with Gasteiger partial charge in [0.25, 0.3) is 0 Å². The summed E-state index contributed by atoms with van der Waals surface area (Å²) in [6.45, 7) is 0. The van der Waals surface area contributed by atoms with Gasteiger partial charge in [-0.1, -0.05) is 309 Å². The molecule has 4 heteroatoms. The van der Waals surface area contributed by atoms with Crippen LogP contribution in [0.15, 0.2) is 400 Å². The lowest BCUT2D eigenvalue weighted by atomic mass is 9.89. The number of fused-ring (bicyclic) bond motifs is 12. The SMILES string of the molecule is N#Cc1c(-n2c3ccc(-c4ccccc4)cc3c3cc(-c4ccccc4)ccc32)c(Cc2cc3ccc(-c4ccccc4)cc3c3cc(-c4ccccc4)ccc23)cc(-n2c3ccc(-c4ccccc4)cc3c3cc(-c4ccccc4)ccc32)c1-n1c2ccc(-c3ccccc3)cc2c2cc(-c3ccccc3)ccc21. The zero-order valence-corrected chi connectivity index (χ0v) is 60.1. The minimum absolute atomic E-state index is 0.446. The maximum Gasteiger partial charge on any atom is 0.104 e. The Morgan fingerprint density at radius 3 is 0.745 bits per heavy atom. The average Bonchev–Trinajstić information content (AvgIpc) is 1.52. The van der Waals surface area contributed by atoms with Gasteiger partial charge in [-0.15, -0.1) is 0 Å². The number of rotatable bonds is 13. The molecule has 0 bridgehead atoms. The highest BCUT2D eigenvalue weighted by molar-refractivity contribution is 6.17. The van der Waals surface area contributed by atoms with E-state index in [2.05, 4.69) is 420 Å². The summed E-state index contributed by atoms with van der Waals surface area (Å²) < 4.78 is 7.39. The van der Waals surface area contributed by atoms with Crippen molar-refractivity contribution < 1.29 is 0 Å². The van der Waals surface area contributed by atoms with Gasteiger partial charge in [0, 0.05) is 38.7 Å². The Morgan fingerprint density at radius 2 is 0.445 bits per heavy atom. The van der Waals surface area contributed by atoms with E-state index in [0.29, 0.717) is 12.0 Å². The standard InChI is InChI=1S/C106H68N4/c107-68-97-105(109-100-53-46-81(73-33-17-5-18-34-73)63-93(100)94-64-82(47-54-101(94)109)74-35-19-6-20-36-74)87(58-86-57-85-42-41-77(69-25-9-1-10-26-69)59-89(85)90-60-78(43-50-88(86)90)70-27-11-2-12-28-70)67-104(108-98-51-44-79(71-29-13-3-14-30-71)61-91(98)92-62-80(45-52-99(92)108)72-31-15-4-16-32-72)106(97)110-102-55-48-83(75-37-21-7-22-38-75)65-95(102)96-66-84(49-56-103(96)110)76-39-23-8-24-40-76/h1-57,59-67H,58H2. The minimum atomic E-state index is 0.446. The van der Waals surface area contributed by atoms with E-state index in [0.717, 1.165) is 193 Å². The summed E-state index contributed by atoms with van der Waals surface area (Å²) >= 11 is 0. The lowest BCUT2D eigenvalue weighted by Crippen LogP contribution is -2.13. The van der Waals surface area contributed by atoms with Crippen molar-refractivity contribution in [3.63, 3.8) is 0 Å². The van der Waals surface area contributed by atoms with Gasteiger partial charge in [0.2, 0.25) is 0 Å². The van der Waals surface area contributed by atoms with Crippen molar-refractivity contribution >= 4 is 87.0 Å². The van der Waals surface area contributed by atoms with Crippen molar-refractivity contribution in [1.29, 1.82) is 5.26 Å². The molecule has 4 nitrogen and oxygen atoms in total. The Hall–Kier alpha value is -14.6. The monoisotopic (exact) mass is 1400 g/mol. The molecule has 21 rings (SSSR count). The average molecular weight is 1400 g/mol. The van der Waals surface area contributed by atoms with Crippen LogP contribution in [0.3, 0.4) is 0 Å². The third-order valence-corrected chi connectivity index (χ3v) is 22.7. The molecule has 18 aromatic carbocycles. The van der Waals surface area contributed by atoms with E-state index in [4.69, 9.17) is 0 Å². The van der Waals surface area contributed by atoms with Crippen LogP contribution in [0.4, 0.5) is 0 Å². The fourth-order valence-electron chi connectivity index (χ4n) is 17.5.